The summed E-state index contributed by atoms with van der Waals surface area (Å²) in [6.45, 7) is 1.77. The standard InChI is InChI=1S/C15H14N4O2S/c1-8-7-10(17-18-15(22)16-8)12-13(20)9-5-3-4-6-11(9)19(2)14(12)21/h3-7,17,20H,1-2H3,(H,18,22). The van der Waals surface area contributed by atoms with Crippen LogP contribution in [0.2, 0.25) is 0 Å². The lowest BCUT2D eigenvalue weighted by Crippen LogP contribution is -2.35. The van der Waals surface area contributed by atoms with E-state index >= 15 is 0 Å². The van der Waals surface area contributed by atoms with Crippen LogP contribution in [0.25, 0.3) is 16.6 Å². The van der Waals surface area contributed by atoms with Gasteiger partial charge in [0.25, 0.3) is 5.56 Å². The summed E-state index contributed by atoms with van der Waals surface area (Å²) in [6.07, 6.45) is 1.66. The molecule has 22 heavy (non-hydrogen) atoms. The Hall–Kier alpha value is -2.67. The first-order valence-electron chi connectivity index (χ1n) is 6.63. The van der Waals surface area contributed by atoms with Crippen LogP contribution in [0.5, 0.6) is 5.75 Å². The highest BCUT2D eigenvalue weighted by molar-refractivity contribution is 7.80. The Balaban J connectivity index is 2.31. The molecule has 1 aromatic carbocycles. The molecule has 7 heteroatoms. The van der Waals surface area contributed by atoms with Crippen LogP contribution in [-0.2, 0) is 7.05 Å². The van der Waals surface area contributed by atoms with Crippen molar-refractivity contribution in [1.29, 1.82) is 0 Å². The second kappa shape index (κ2) is 5.27. The summed E-state index contributed by atoms with van der Waals surface area (Å²) in [7, 11) is 1.67. The lowest BCUT2D eigenvalue weighted by atomic mass is 10.1. The largest absolute Gasteiger partial charge is 0.506 e. The number of nitrogens with one attached hydrogen (secondary N) is 2. The summed E-state index contributed by atoms with van der Waals surface area (Å²) in [6, 6.07) is 7.19. The van der Waals surface area contributed by atoms with Gasteiger partial charge in [0.05, 0.1) is 11.2 Å². The summed E-state index contributed by atoms with van der Waals surface area (Å²) in [5, 5.41) is 11.4. The number of pyridine rings is 1. The molecule has 0 aliphatic carbocycles. The molecular weight excluding hydrogens is 300 g/mol. The number of aryl methyl sites for hydroxylation is 1. The fourth-order valence-electron chi connectivity index (χ4n) is 2.44. The molecule has 3 rings (SSSR count). The van der Waals surface area contributed by atoms with Crippen molar-refractivity contribution in [2.45, 2.75) is 6.92 Å². The smallest absolute Gasteiger partial charge is 0.264 e. The number of benzene rings is 1. The number of nitrogens with zero attached hydrogens (tertiary/aromatic N) is 2. The van der Waals surface area contributed by atoms with Crippen LogP contribution < -0.4 is 16.4 Å². The molecule has 6 nitrogen and oxygen atoms in total. The van der Waals surface area contributed by atoms with E-state index in [9.17, 15) is 9.90 Å². The topological polar surface area (TPSA) is 78.7 Å². The lowest BCUT2D eigenvalue weighted by Gasteiger charge is -2.15. The second-order valence-corrected chi connectivity index (χ2v) is 5.36. The molecule has 0 saturated heterocycles. The zero-order valence-corrected chi connectivity index (χ0v) is 12.9. The van der Waals surface area contributed by atoms with Gasteiger partial charge in [0.1, 0.15) is 11.3 Å². The molecule has 0 fully saturated rings. The maximum absolute atomic E-state index is 12.6. The number of aromatic hydroxyl groups is 1. The summed E-state index contributed by atoms with van der Waals surface area (Å²) in [5.41, 5.74) is 7.13. The Labute approximate surface area is 131 Å². The molecule has 0 radical (unpaired) electrons. The maximum atomic E-state index is 12.6. The van der Waals surface area contributed by atoms with Crippen molar-refractivity contribution in [2.75, 3.05) is 0 Å². The molecule has 0 spiro atoms. The highest BCUT2D eigenvalue weighted by atomic mass is 32.1. The van der Waals surface area contributed by atoms with Gasteiger partial charge < -0.3 is 9.67 Å². The summed E-state index contributed by atoms with van der Waals surface area (Å²) in [4.78, 5) is 16.7. The quantitative estimate of drug-likeness (QED) is 0.694. The van der Waals surface area contributed by atoms with Gasteiger partial charge in [-0.3, -0.25) is 15.6 Å². The zero-order valence-electron chi connectivity index (χ0n) is 12.0. The first-order valence-corrected chi connectivity index (χ1v) is 7.04. The molecule has 1 aliphatic rings. The summed E-state index contributed by atoms with van der Waals surface area (Å²) in [5.74, 6) is -0.0696. The van der Waals surface area contributed by atoms with Crippen molar-refractivity contribution in [3.05, 3.63) is 46.3 Å². The average molecular weight is 314 g/mol. The third-order valence-electron chi connectivity index (χ3n) is 3.48. The number of rotatable bonds is 1. The molecule has 3 N–H and O–H groups in total. The number of fused-ring (bicyclic) bond motifs is 1. The van der Waals surface area contributed by atoms with Crippen LogP contribution in [0.1, 0.15) is 12.5 Å². The molecule has 0 bridgehead atoms. The van der Waals surface area contributed by atoms with Crippen LogP contribution in [-0.4, -0.2) is 20.5 Å². The molecular formula is C15H14N4O2S. The number of aliphatic imine (C=N–C) groups is 1. The Bertz CT molecular complexity index is 912. The van der Waals surface area contributed by atoms with E-state index in [1.807, 2.05) is 12.1 Å². The second-order valence-electron chi connectivity index (χ2n) is 4.97. The van der Waals surface area contributed by atoms with Gasteiger partial charge in [-0.05, 0) is 37.4 Å². The van der Waals surface area contributed by atoms with Gasteiger partial charge in [0.15, 0.2) is 0 Å². The van der Waals surface area contributed by atoms with Gasteiger partial charge >= 0.3 is 0 Å². The van der Waals surface area contributed by atoms with Crippen molar-refractivity contribution in [1.82, 2.24) is 15.4 Å². The SMILES string of the molecule is CC1=NC(=S)NNC(c2c(O)c3ccccc3n(C)c2=O)=C1. The van der Waals surface area contributed by atoms with Gasteiger partial charge in [0, 0.05) is 18.1 Å². The van der Waals surface area contributed by atoms with E-state index < -0.39 is 0 Å². The van der Waals surface area contributed by atoms with Crippen molar-refractivity contribution in [3.8, 4) is 5.75 Å². The van der Waals surface area contributed by atoms with E-state index in [4.69, 9.17) is 12.2 Å². The number of aromatic nitrogens is 1. The van der Waals surface area contributed by atoms with E-state index in [1.54, 1.807) is 32.2 Å². The monoisotopic (exact) mass is 314 g/mol. The van der Waals surface area contributed by atoms with Crippen molar-refractivity contribution < 1.29 is 5.11 Å². The molecule has 0 amide bonds. The van der Waals surface area contributed by atoms with Gasteiger partial charge in [-0.1, -0.05) is 12.1 Å². The molecule has 112 valence electrons. The zero-order chi connectivity index (χ0) is 15.9. The predicted molar refractivity (Wildman–Crippen MR) is 90.8 cm³/mol. The van der Waals surface area contributed by atoms with E-state index in [-0.39, 0.29) is 22.0 Å². The molecule has 0 atom stereocenters. The van der Waals surface area contributed by atoms with Gasteiger partial charge in [0.2, 0.25) is 5.11 Å². The Morgan fingerprint density at radius 3 is 2.77 bits per heavy atom. The van der Waals surface area contributed by atoms with E-state index in [0.717, 1.165) is 0 Å². The van der Waals surface area contributed by atoms with Gasteiger partial charge in [-0.25, -0.2) is 4.99 Å². The van der Waals surface area contributed by atoms with Crippen LogP contribution >= 0.6 is 12.2 Å². The van der Waals surface area contributed by atoms with Crippen LogP contribution in [0.4, 0.5) is 0 Å². The number of hydrogen-bond acceptors (Lipinski definition) is 4. The fraction of sp³-hybridized carbons (Fsp3) is 0.133. The lowest BCUT2D eigenvalue weighted by molar-refractivity contribution is 0.477. The first kappa shape index (κ1) is 14.3. The number of allylic oxidation sites excluding steroid dienone is 1. The van der Waals surface area contributed by atoms with Gasteiger partial charge in [-0.2, -0.15) is 0 Å². The van der Waals surface area contributed by atoms with E-state index in [1.165, 1.54) is 4.57 Å². The van der Waals surface area contributed by atoms with E-state index in [0.29, 0.717) is 22.3 Å². The minimum atomic E-state index is -0.308. The van der Waals surface area contributed by atoms with Crippen LogP contribution in [0, 0.1) is 0 Å². The number of hydrazine groups is 1. The molecule has 1 aromatic heterocycles. The summed E-state index contributed by atoms with van der Waals surface area (Å²) < 4.78 is 1.50. The third kappa shape index (κ3) is 2.25. The Kier molecular flexibility index (Phi) is 3.42. The predicted octanol–water partition coefficient (Wildman–Crippen LogP) is 1.44. The minimum absolute atomic E-state index is 0.0696. The average Bonchev–Trinajstić information content (AvgIpc) is 2.66. The van der Waals surface area contributed by atoms with Crippen molar-refractivity contribution in [3.63, 3.8) is 0 Å². The first-order chi connectivity index (χ1) is 10.5. The van der Waals surface area contributed by atoms with Crippen LogP contribution in [0.15, 0.2) is 40.1 Å². The molecule has 2 aromatic rings. The minimum Gasteiger partial charge on any atom is -0.506 e. The van der Waals surface area contributed by atoms with Crippen molar-refractivity contribution >= 4 is 39.6 Å². The van der Waals surface area contributed by atoms with Crippen LogP contribution in [0.3, 0.4) is 0 Å². The molecule has 0 saturated carbocycles. The van der Waals surface area contributed by atoms with Crippen molar-refractivity contribution in [2.24, 2.45) is 12.0 Å². The number of hydrogen-bond donors (Lipinski definition) is 3. The number of para-hydroxylation sites is 1. The number of thiocarbonyl (C=S) groups is 1. The maximum Gasteiger partial charge on any atom is 0.264 e. The normalized spacial score (nSPS) is 14.7. The fourth-order valence-corrected chi connectivity index (χ4v) is 2.64. The molecule has 1 aliphatic heterocycles. The highest BCUT2D eigenvalue weighted by Crippen LogP contribution is 2.29. The highest BCUT2D eigenvalue weighted by Gasteiger charge is 2.19. The van der Waals surface area contributed by atoms with Gasteiger partial charge in [-0.15, -0.1) is 0 Å². The van der Waals surface area contributed by atoms with E-state index in [2.05, 4.69) is 15.8 Å². The molecule has 2 heterocycles. The molecule has 0 unspecified atom stereocenters. The summed E-state index contributed by atoms with van der Waals surface area (Å²) >= 11 is 5.00. The Morgan fingerprint density at radius 1 is 1.27 bits per heavy atom. The third-order valence-corrected chi connectivity index (χ3v) is 3.67. The Morgan fingerprint density at radius 2 is 2.00 bits per heavy atom.